The Labute approximate surface area is 104 Å². The number of hydrogen-bond acceptors (Lipinski definition) is 4. The molecule has 6 nitrogen and oxygen atoms in total. The summed E-state index contributed by atoms with van der Waals surface area (Å²) in [5.41, 5.74) is 2.58. The van der Waals surface area contributed by atoms with Crippen molar-refractivity contribution in [2.24, 2.45) is 0 Å². The lowest BCUT2D eigenvalue weighted by Gasteiger charge is -2.13. The van der Waals surface area contributed by atoms with Crippen molar-refractivity contribution in [3.8, 4) is 0 Å². The van der Waals surface area contributed by atoms with E-state index >= 15 is 0 Å². The highest BCUT2D eigenvalue weighted by atomic mass is 16.5. The van der Waals surface area contributed by atoms with Gasteiger partial charge in [-0.1, -0.05) is 12.1 Å². The topological polar surface area (TPSA) is 93.5 Å². The van der Waals surface area contributed by atoms with Gasteiger partial charge in [0.25, 0.3) is 11.8 Å². The van der Waals surface area contributed by atoms with Gasteiger partial charge in [0.05, 0.1) is 11.1 Å². The van der Waals surface area contributed by atoms with Gasteiger partial charge in [0.2, 0.25) is 0 Å². The molecule has 0 bridgehead atoms. The molecule has 1 aliphatic heterocycles. The second-order valence-corrected chi connectivity index (χ2v) is 4.00. The van der Waals surface area contributed by atoms with Crippen molar-refractivity contribution in [3.63, 3.8) is 0 Å². The molecule has 0 aliphatic carbocycles. The molecule has 0 spiro atoms. The minimum atomic E-state index is -0.293. The molecule has 0 saturated carbocycles. The Hall–Kier alpha value is -2.21. The Morgan fingerprint density at radius 1 is 1.22 bits per heavy atom. The Morgan fingerprint density at radius 3 is 2.28 bits per heavy atom. The Balaban J connectivity index is 2.03. The first-order valence-electron chi connectivity index (χ1n) is 5.58. The molecule has 1 aliphatic rings. The van der Waals surface area contributed by atoms with Crippen LogP contribution in [-0.4, -0.2) is 34.3 Å². The van der Waals surface area contributed by atoms with E-state index in [9.17, 15) is 9.59 Å². The maximum absolute atomic E-state index is 11.9. The highest BCUT2D eigenvalue weighted by molar-refractivity contribution is 6.21. The zero-order chi connectivity index (χ0) is 13.1. The molecule has 2 amide bonds. The molecular formula is C12H13N3O3. The molecule has 2 rings (SSSR count). The number of nitrogens with one attached hydrogen (secondary N) is 2. The summed E-state index contributed by atoms with van der Waals surface area (Å²) in [7, 11) is 0. The average molecular weight is 247 g/mol. The Bertz CT molecular complexity index is 478. The third-order valence-corrected chi connectivity index (χ3v) is 2.82. The van der Waals surface area contributed by atoms with Crippen molar-refractivity contribution in [3.05, 3.63) is 35.4 Å². The number of hydroxylamine groups is 1. The van der Waals surface area contributed by atoms with E-state index in [1.807, 2.05) is 0 Å². The second-order valence-electron chi connectivity index (χ2n) is 4.00. The number of carbonyl (C=O) groups excluding carboxylic acids is 2. The highest BCUT2D eigenvalue weighted by Gasteiger charge is 2.34. The minimum absolute atomic E-state index is 0.0355. The van der Waals surface area contributed by atoms with Gasteiger partial charge >= 0.3 is 0 Å². The fourth-order valence-corrected chi connectivity index (χ4v) is 1.91. The highest BCUT2D eigenvalue weighted by Crippen LogP contribution is 2.22. The molecule has 0 aromatic heterocycles. The summed E-state index contributed by atoms with van der Waals surface area (Å²) in [6, 6.07) is 6.71. The summed E-state index contributed by atoms with van der Waals surface area (Å²) >= 11 is 0. The summed E-state index contributed by atoms with van der Waals surface area (Å²) in [6.45, 7) is 0.246. The molecule has 0 atom stereocenters. The minimum Gasteiger partial charge on any atom is -0.290 e. The number of fused-ring (bicyclic) bond motifs is 1. The first-order chi connectivity index (χ1) is 8.65. The van der Waals surface area contributed by atoms with Gasteiger partial charge in [-0.15, -0.1) is 0 Å². The molecule has 0 fully saturated rings. The van der Waals surface area contributed by atoms with Gasteiger partial charge in [0.1, 0.15) is 5.84 Å². The van der Waals surface area contributed by atoms with Crippen molar-refractivity contribution in [1.29, 1.82) is 5.41 Å². The third-order valence-electron chi connectivity index (χ3n) is 2.82. The molecule has 94 valence electrons. The lowest BCUT2D eigenvalue weighted by atomic mass is 10.1. The quantitative estimate of drug-likeness (QED) is 0.320. The van der Waals surface area contributed by atoms with Crippen LogP contribution in [0.4, 0.5) is 0 Å². The van der Waals surface area contributed by atoms with E-state index in [4.69, 9.17) is 10.6 Å². The van der Waals surface area contributed by atoms with Crippen LogP contribution in [0.15, 0.2) is 24.3 Å². The molecule has 6 heteroatoms. The summed E-state index contributed by atoms with van der Waals surface area (Å²) in [5.74, 6) is -0.621. The lowest BCUT2D eigenvalue weighted by molar-refractivity contribution is 0.0653. The van der Waals surface area contributed by atoms with Crippen LogP contribution in [0.3, 0.4) is 0 Å². The van der Waals surface area contributed by atoms with Gasteiger partial charge < -0.3 is 0 Å². The molecule has 0 radical (unpaired) electrons. The molecule has 1 aromatic carbocycles. The van der Waals surface area contributed by atoms with Crippen LogP contribution in [0.2, 0.25) is 0 Å². The number of hydrogen-bond donors (Lipinski definition) is 3. The van der Waals surface area contributed by atoms with Gasteiger partial charge in [0.15, 0.2) is 0 Å². The van der Waals surface area contributed by atoms with E-state index in [0.29, 0.717) is 17.5 Å². The fraction of sp³-hybridized carbons (Fsp3) is 0.250. The predicted octanol–water partition coefficient (Wildman–Crippen LogP) is 1.02. The number of imide groups is 1. The number of rotatable bonds is 4. The van der Waals surface area contributed by atoms with Crippen LogP contribution in [-0.2, 0) is 0 Å². The van der Waals surface area contributed by atoms with Crippen LogP contribution in [0, 0.1) is 5.41 Å². The van der Waals surface area contributed by atoms with Gasteiger partial charge in [-0.2, -0.15) is 0 Å². The SMILES string of the molecule is N=C(CCCN1C(=O)c2ccccc2C1=O)NO. The Kier molecular flexibility index (Phi) is 3.38. The third kappa shape index (κ3) is 2.10. The molecule has 0 saturated heterocycles. The number of carbonyl (C=O) groups is 2. The number of amides is 2. The number of benzene rings is 1. The van der Waals surface area contributed by atoms with Gasteiger partial charge in [-0.3, -0.25) is 30.6 Å². The van der Waals surface area contributed by atoms with Crippen LogP contribution < -0.4 is 5.48 Å². The number of nitrogens with zero attached hydrogens (tertiary/aromatic N) is 1. The van der Waals surface area contributed by atoms with E-state index in [1.165, 1.54) is 4.90 Å². The van der Waals surface area contributed by atoms with Crippen LogP contribution in [0.25, 0.3) is 0 Å². The number of amidine groups is 1. The first kappa shape index (κ1) is 12.3. The summed E-state index contributed by atoms with van der Waals surface area (Å²) in [4.78, 5) is 25.1. The summed E-state index contributed by atoms with van der Waals surface area (Å²) in [5, 5.41) is 15.6. The van der Waals surface area contributed by atoms with Crippen LogP contribution in [0.1, 0.15) is 33.6 Å². The first-order valence-corrected chi connectivity index (χ1v) is 5.58. The van der Waals surface area contributed by atoms with Gasteiger partial charge in [0, 0.05) is 13.0 Å². The second kappa shape index (κ2) is 4.97. The van der Waals surface area contributed by atoms with Crippen molar-refractivity contribution >= 4 is 17.6 Å². The maximum Gasteiger partial charge on any atom is 0.261 e. The zero-order valence-corrected chi connectivity index (χ0v) is 9.64. The van der Waals surface area contributed by atoms with Crippen LogP contribution in [0.5, 0.6) is 0 Å². The van der Waals surface area contributed by atoms with Crippen molar-refractivity contribution in [2.45, 2.75) is 12.8 Å². The van der Waals surface area contributed by atoms with Crippen molar-refractivity contribution in [2.75, 3.05) is 6.54 Å². The predicted molar refractivity (Wildman–Crippen MR) is 63.7 cm³/mol. The molecule has 1 aromatic rings. The lowest BCUT2D eigenvalue weighted by Crippen LogP contribution is -2.31. The van der Waals surface area contributed by atoms with Gasteiger partial charge in [-0.05, 0) is 18.6 Å². The molecule has 1 heterocycles. The van der Waals surface area contributed by atoms with E-state index in [2.05, 4.69) is 0 Å². The maximum atomic E-state index is 11.9. The molecule has 0 unspecified atom stereocenters. The van der Waals surface area contributed by atoms with Crippen molar-refractivity contribution < 1.29 is 14.8 Å². The van der Waals surface area contributed by atoms with E-state index in [0.717, 1.165) is 0 Å². The summed E-state index contributed by atoms with van der Waals surface area (Å²) in [6.07, 6.45) is 0.724. The Morgan fingerprint density at radius 2 is 1.78 bits per heavy atom. The van der Waals surface area contributed by atoms with Crippen molar-refractivity contribution in [1.82, 2.24) is 10.4 Å². The van der Waals surface area contributed by atoms with E-state index in [1.54, 1.807) is 29.7 Å². The fourth-order valence-electron chi connectivity index (χ4n) is 1.91. The zero-order valence-electron chi connectivity index (χ0n) is 9.64. The molecular weight excluding hydrogens is 234 g/mol. The van der Waals surface area contributed by atoms with Gasteiger partial charge in [-0.25, -0.2) is 0 Å². The van der Waals surface area contributed by atoms with Crippen LogP contribution >= 0.6 is 0 Å². The molecule has 3 N–H and O–H groups in total. The standard InChI is InChI=1S/C12H13N3O3/c13-10(14-18)6-3-7-15-11(16)8-4-1-2-5-9(8)12(15)17/h1-2,4-5,18H,3,6-7H2,(H2,13,14). The summed E-state index contributed by atoms with van der Waals surface area (Å²) < 4.78 is 0. The van der Waals surface area contributed by atoms with E-state index in [-0.39, 0.29) is 30.6 Å². The average Bonchev–Trinajstić information content (AvgIpc) is 2.64. The normalized spacial score (nSPS) is 13.7. The largest absolute Gasteiger partial charge is 0.290 e. The van der Waals surface area contributed by atoms with E-state index < -0.39 is 0 Å². The smallest absolute Gasteiger partial charge is 0.261 e. The monoisotopic (exact) mass is 247 g/mol. The molecule has 18 heavy (non-hydrogen) atoms.